The van der Waals surface area contributed by atoms with Crippen molar-refractivity contribution >= 4 is 23.4 Å². The molecule has 0 radical (unpaired) electrons. The fraction of sp³-hybridized carbons (Fsp3) is 0.400. The minimum Gasteiger partial charge on any atom is -0.494 e. The fourth-order valence-electron chi connectivity index (χ4n) is 3.43. The normalized spacial score (nSPS) is 13.8. The summed E-state index contributed by atoms with van der Waals surface area (Å²) in [5.41, 5.74) is 2.43. The lowest BCUT2D eigenvalue weighted by molar-refractivity contribution is -0.111. The summed E-state index contributed by atoms with van der Waals surface area (Å²) in [7, 11) is 0. The van der Waals surface area contributed by atoms with Crippen LogP contribution in [0.5, 0.6) is 17.2 Å². The molecule has 1 aliphatic heterocycles. The summed E-state index contributed by atoms with van der Waals surface area (Å²) < 4.78 is 22.6. The average Bonchev–Trinajstić information content (AvgIpc) is 2.81. The largest absolute Gasteiger partial charge is 0.494 e. The van der Waals surface area contributed by atoms with Crippen molar-refractivity contribution < 1.29 is 23.7 Å². The molecule has 0 aromatic heterocycles. The highest BCUT2D eigenvalue weighted by atomic mass is 16.5. The summed E-state index contributed by atoms with van der Waals surface area (Å²) in [5, 5.41) is 2.93. The van der Waals surface area contributed by atoms with E-state index >= 15 is 0 Å². The lowest BCUT2D eigenvalue weighted by Crippen LogP contribution is -2.36. The van der Waals surface area contributed by atoms with Crippen molar-refractivity contribution in [2.45, 2.75) is 20.8 Å². The van der Waals surface area contributed by atoms with E-state index in [1.54, 1.807) is 6.08 Å². The highest BCUT2D eigenvalue weighted by Crippen LogP contribution is 2.39. The molecule has 7 nitrogen and oxygen atoms in total. The van der Waals surface area contributed by atoms with Crippen LogP contribution in [0.25, 0.3) is 6.08 Å². The van der Waals surface area contributed by atoms with E-state index in [1.807, 2.05) is 57.2 Å². The number of nitrogens with zero attached hydrogens (tertiary/aromatic N) is 1. The number of ether oxygens (including phenoxy) is 4. The van der Waals surface area contributed by atoms with Gasteiger partial charge in [0.2, 0.25) is 5.91 Å². The summed E-state index contributed by atoms with van der Waals surface area (Å²) >= 11 is 0. The average molecular weight is 441 g/mol. The molecule has 2 aromatic rings. The molecule has 1 amide bonds. The number of carbonyl (C=O) groups is 1. The van der Waals surface area contributed by atoms with Crippen LogP contribution in [0, 0.1) is 0 Å². The summed E-state index contributed by atoms with van der Waals surface area (Å²) in [6.45, 7) is 10.3. The Labute approximate surface area is 189 Å². The van der Waals surface area contributed by atoms with E-state index in [9.17, 15) is 4.79 Å². The molecule has 0 aliphatic carbocycles. The van der Waals surface area contributed by atoms with Gasteiger partial charge in [0, 0.05) is 31.3 Å². The number of carbonyl (C=O) groups excluding carboxylic acids is 1. The van der Waals surface area contributed by atoms with Crippen molar-refractivity contribution in [2.75, 3.05) is 56.3 Å². The second kappa shape index (κ2) is 12.0. The molecule has 1 fully saturated rings. The first-order chi connectivity index (χ1) is 15.6. The predicted molar refractivity (Wildman–Crippen MR) is 127 cm³/mol. The summed E-state index contributed by atoms with van der Waals surface area (Å²) in [6.07, 6.45) is 3.26. The Bertz CT molecular complexity index is 905. The van der Waals surface area contributed by atoms with E-state index in [-0.39, 0.29) is 5.91 Å². The van der Waals surface area contributed by atoms with Gasteiger partial charge in [0.05, 0.1) is 44.4 Å². The maximum Gasteiger partial charge on any atom is 0.248 e. The van der Waals surface area contributed by atoms with E-state index in [2.05, 4.69) is 10.2 Å². The van der Waals surface area contributed by atoms with Crippen LogP contribution in [0.4, 0.5) is 11.4 Å². The Morgan fingerprint density at radius 1 is 0.969 bits per heavy atom. The number of nitrogens with one attached hydrogen (secondary N) is 1. The standard InChI is InChI=1S/C25H32N2O5/c1-4-30-20-10-7-19(8-11-20)9-12-25(28)26-21-17-24(32-6-3)22(18-23(21)31-5-2)27-13-15-29-16-14-27/h7-12,17-18H,4-6,13-16H2,1-3H3,(H,26,28)/b12-9+. The lowest BCUT2D eigenvalue weighted by Gasteiger charge is -2.31. The molecule has 32 heavy (non-hydrogen) atoms. The van der Waals surface area contributed by atoms with Crippen LogP contribution in [0.1, 0.15) is 26.3 Å². The monoisotopic (exact) mass is 440 g/mol. The summed E-state index contributed by atoms with van der Waals surface area (Å²) in [5.74, 6) is 1.88. The number of anilines is 2. The number of morpholine rings is 1. The second-order valence-corrected chi connectivity index (χ2v) is 7.11. The van der Waals surface area contributed by atoms with Gasteiger partial charge in [-0.15, -0.1) is 0 Å². The number of amides is 1. The quantitative estimate of drug-likeness (QED) is 0.553. The van der Waals surface area contributed by atoms with Gasteiger partial charge in [-0.3, -0.25) is 4.79 Å². The van der Waals surface area contributed by atoms with Crippen LogP contribution in [-0.4, -0.2) is 52.0 Å². The third-order valence-electron chi connectivity index (χ3n) is 4.89. The van der Waals surface area contributed by atoms with E-state index in [1.165, 1.54) is 6.08 Å². The minimum absolute atomic E-state index is 0.249. The molecule has 1 heterocycles. The Morgan fingerprint density at radius 3 is 2.28 bits per heavy atom. The molecule has 1 N–H and O–H groups in total. The van der Waals surface area contributed by atoms with Gasteiger partial charge in [0.25, 0.3) is 0 Å². The van der Waals surface area contributed by atoms with Crippen molar-refractivity contribution in [1.82, 2.24) is 0 Å². The first-order valence-electron chi connectivity index (χ1n) is 11.1. The van der Waals surface area contributed by atoms with Crippen molar-refractivity contribution in [2.24, 2.45) is 0 Å². The number of benzene rings is 2. The summed E-state index contributed by atoms with van der Waals surface area (Å²) in [4.78, 5) is 14.8. The Hall–Kier alpha value is -3.19. The minimum atomic E-state index is -0.249. The molecule has 0 atom stereocenters. The molecule has 0 saturated carbocycles. The van der Waals surface area contributed by atoms with E-state index in [0.29, 0.717) is 50.2 Å². The fourth-order valence-corrected chi connectivity index (χ4v) is 3.43. The molecule has 1 saturated heterocycles. The van der Waals surface area contributed by atoms with E-state index < -0.39 is 0 Å². The Morgan fingerprint density at radius 2 is 1.62 bits per heavy atom. The molecular formula is C25H32N2O5. The van der Waals surface area contributed by atoms with Crippen LogP contribution in [0.15, 0.2) is 42.5 Å². The van der Waals surface area contributed by atoms with Crippen molar-refractivity contribution in [3.63, 3.8) is 0 Å². The van der Waals surface area contributed by atoms with Crippen molar-refractivity contribution in [1.29, 1.82) is 0 Å². The van der Waals surface area contributed by atoms with Crippen molar-refractivity contribution in [3.05, 3.63) is 48.0 Å². The Kier molecular flexibility index (Phi) is 8.80. The van der Waals surface area contributed by atoms with Crippen molar-refractivity contribution in [3.8, 4) is 17.2 Å². The van der Waals surface area contributed by atoms with Gasteiger partial charge < -0.3 is 29.2 Å². The van der Waals surface area contributed by atoms with Crippen LogP contribution in [-0.2, 0) is 9.53 Å². The topological polar surface area (TPSA) is 69.3 Å². The first-order valence-corrected chi connectivity index (χ1v) is 11.1. The molecule has 0 unspecified atom stereocenters. The maximum absolute atomic E-state index is 12.6. The van der Waals surface area contributed by atoms with E-state index in [0.717, 1.165) is 30.1 Å². The van der Waals surface area contributed by atoms with Crippen LogP contribution >= 0.6 is 0 Å². The van der Waals surface area contributed by atoms with Gasteiger partial charge in [-0.2, -0.15) is 0 Å². The molecule has 0 spiro atoms. The van der Waals surface area contributed by atoms with Gasteiger partial charge >= 0.3 is 0 Å². The number of hydrogen-bond acceptors (Lipinski definition) is 6. The highest BCUT2D eigenvalue weighted by molar-refractivity contribution is 6.03. The van der Waals surface area contributed by atoms with Gasteiger partial charge in [-0.1, -0.05) is 12.1 Å². The molecule has 172 valence electrons. The zero-order chi connectivity index (χ0) is 22.8. The van der Waals surface area contributed by atoms with Gasteiger partial charge in [0.1, 0.15) is 17.2 Å². The molecule has 2 aromatic carbocycles. The van der Waals surface area contributed by atoms with Gasteiger partial charge in [0.15, 0.2) is 0 Å². The smallest absolute Gasteiger partial charge is 0.248 e. The zero-order valence-corrected chi connectivity index (χ0v) is 19.1. The number of hydrogen-bond donors (Lipinski definition) is 1. The predicted octanol–water partition coefficient (Wildman–Crippen LogP) is 4.37. The van der Waals surface area contributed by atoms with Gasteiger partial charge in [-0.05, 0) is 44.5 Å². The number of rotatable bonds is 10. The molecular weight excluding hydrogens is 408 g/mol. The SMILES string of the molecule is CCOc1ccc(/C=C/C(=O)Nc2cc(OCC)c(N3CCOCC3)cc2OCC)cc1. The molecule has 3 rings (SSSR count). The second-order valence-electron chi connectivity index (χ2n) is 7.11. The molecule has 0 bridgehead atoms. The summed E-state index contributed by atoms with van der Waals surface area (Å²) in [6, 6.07) is 11.4. The van der Waals surface area contributed by atoms with Gasteiger partial charge in [-0.25, -0.2) is 0 Å². The van der Waals surface area contributed by atoms with Crippen LogP contribution in [0.3, 0.4) is 0 Å². The first kappa shape index (κ1) is 23.5. The molecule has 1 aliphatic rings. The third kappa shape index (κ3) is 6.40. The maximum atomic E-state index is 12.6. The van der Waals surface area contributed by atoms with Crippen LogP contribution in [0.2, 0.25) is 0 Å². The lowest BCUT2D eigenvalue weighted by atomic mass is 10.2. The Balaban J connectivity index is 1.78. The zero-order valence-electron chi connectivity index (χ0n) is 19.1. The van der Waals surface area contributed by atoms with E-state index in [4.69, 9.17) is 18.9 Å². The highest BCUT2D eigenvalue weighted by Gasteiger charge is 2.20. The van der Waals surface area contributed by atoms with Crippen LogP contribution < -0.4 is 24.4 Å². The molecule has 7 heteroatoms. The third-order valence-corrected chi connectivity index (χ3v) is 4.89.